The maximum absolute atomic E-state index is 11.4. The fourth-order valence-electron chi connectivity index (χ4n) is 2.90. The van der Waals surface area contributed by atoms with Gasteiger partial charge in [0.2, 0.25) is 0 Å². The first-order valence-electron chi connectivity index (χ1n) is 7.94. The minimum atomic E-state index is 0.231. The van der Waals surface area contributed by atoms with Gasteiger partial charge in [0.15, 0.2) is 0 Å². The summed E-state index contributed by atoms with van der Waals surface area (Å²) in [6, 6.07) is 11.0. The summed E-state index contributed by atoms with van der Waals surface area (Å²) >= 11 is 4.46. The summed E-state index contributed by atoms with van der Waals surface area (Å²) in [6.45, 7) is 8.45. The number of hydrogen-bond acceptors (Lipinski definition) is 2. The molecule has 0 saturated heterocycles. The Hall–Kier alpha value is -1.28. The molecule has 0 fully saturated rings. The Morgan fingerprint density at radius 2 is 1.82 bits per heavy atom. The second-order valence-corrected chi connectivity index (χ2v) is 7.67. The van der Waals surface area contributed by atoms with Crippen LogP contribution in [0, 0.1) is 5.41 Å². The van der Waals surface area contributed by atoms with E-state index in [0.717, 1.165) is 18.6 Å². The van der Waals surface area contributed by atoms with Gasteiger partial charge >= 0.3 is 0 Å². The number of fused-ring (bicyclic) bond motifs is 1. The standard InChI is InChI=1S/C20H26OS/c1-14(21)8-9-15-10-16-6-5-7-17(13-22)19(16)11-18(15)12-20(2,3)4/h5-7,10-11,22H,8-9,12-13H2,1-4H3. The fourth-order valence-corrected chi connectivity index (χ4v) is 3.18. The predicted molar refractivity (Wildman–Crippen MR) is 98.8 cm³/mol. The van der Waals surface area contributed by atoms with Crippen molar-refractivity contribution in [1.82, 2.24) is 0 Å². The van der Waals surface area contributed by atoms with Gasteiger partial charge in [-0.2, -0.15) is 12.6 Å². The molecule has 0 amide bonds. The van der Waals surface area contributed by atoms with E-state index in [0.29, 0.717) is 6.42 Å². The van der Waals surface area contributed by atoms with Crippen molar-refractivity contribution >= 4 is 29.2 Å². The molecule has 2 aromatic rings. The second kappa shape index (κ2) is 6.87. The molecule has 2 rings (SSSR count). The van der Waals surface area contributed by atoms with Gasteiger partial charge in [0, 0.05) is 12.2 Å². The first-order chi connectivity index (χ1) is 10.3. The Balaban J connectivity index is 2.54. The van der Waals surface area contributed by atoms with Crippen LogP contribution in [-0.4, -0.2) is 5.78 Å². The molecular formula is C20H26OS. The van der Waals surface area contributed by atoms with Crippen molar-refractivity contribution in [3.63, 3.8) is 0 Å². The molecule has 0 aliphatic heterocycles. The predicted octanol–water partition coefficient (Wildman–Crippen LogP) is 5.38. The molecule has 22 heavy (non-hydrogen) atoms. The summed E-state index contributed by atoms with van der Waals surface area (Å²) in [5.41, 5.74) is 4.19. The highest BCUT2D eigenvalue weighted by atomic mass is 32.1. The van der Waals surface area contributed by atoms with Crippen molar-refractivity contribution in [2.75, 3.05) is 0 Å². The number of rotatable bonds is 5. The molecule has 0 aromatic heterocycles. The van der Waals surface area contributed by atoms with Crippen LogP contribution in [0.25, 0.3) is 10.8 Å². The quantitative estimate of drug-likeness (QED) is 0.733. The number of aryl methyl sites for hydroxylation is 1. The summed E-state index contributed by atoms with van der Waals surface area (Å²) < 4.78 is 0. The molecule has 0 atom stereocenters. The minimum Gasteiger partial charge on any atom is -0.300 e. The van der Waals surface area contributed by atoms with Crippen LogP contribution in [0.5, 0.6) is 0 Å². The van der Waals surface area contributed by atoms with E-state index < -0.39 is 0 Å². The summed E-state index contributed by atoms with van der Waals surface area (Å²) in [5, 5.41) is 2.55. The SMILES string of the molecule is CC(=O)CCc1cc2cccc(CS)c2cc1CC(C)(C)C. The zero-order valence-corrected chi connectivity index (χ0v) is 15.0. The molecule has 2 heteroatoms. The number of carbonyl (C=O) groups is 1. The van der Waals surface area contributed by atoms with Crippen LogP contribution in [0.2, 0.25) is 0 Å². The van der Waals surface area contributed by atoms with Crippen molar-refractivity contribution in [1.29, 1.82) is 0 Å². The molecule has 2 aromatic carbocycles. The first kappa shape index (κ1) is 17.1. The fraction of sp³-hybridized carbons (Fsp3) is 0.450. The van der Waals surface area contributed by atoms with Crippen molar-refractivity contribution in [3.8, 4) is 0 Å². The van der Waals surface area contributed by atoms with E-state index >= 15 is 0 Å². The highest BCUT2D eigenvalue weighted by Crippen LogP contribution is 2.30. The zero-order valence-electron chi connectivity index (χ0n) is 14.1. The van der Waals surface area contributed by atoms with Crippen LogP contribution < -0.4 is 0 Å². The van der Waals surface area contributed by atoms with Crippen molar-refractivity contribution in [2.45, 2.75) is 52.7 Å². The van der Waals surface area contributed by atoms with E-state index in [1.807, 2.05) is 0 Å². The van der Waals surface area contributed by atoms with Crippen molar-refractivity contribution < 1.29 is 4.79 Å². The highest BCUT2D eigenvalue weighted by molar-refractivity contribution is 7.79. The maximum Gasteiger partial charge on any atom is 0.130 e. The lowest BCUT2D eigenvalue weighted by molar-refractivity contribution is -0.116. The average Bonchev–Trinajstić information content (AvgIpc) is 2.42. The van der Waals surface area contributed by atoms with Crippen LogP contribution in [0.4, 0.5) is 0 Å². The Morgan fingerprint density at radius 1 is 1.09 bits per heavy atom. The monoisotopic (exact) mass is 314 g/mol. The molecule has 1 nitrogen and oxygen atoms in total. The molecule has 0 radical (unpaired) electrons. The summed E-state index contributed by atoms with van der Waals surface area (Å²) in [7, 11) is 0. The molecule has 0 spiro atoms. The smallest absolute Gasteiger partial charge is 0.130 e. The van der Waals surface area contributed by atoms with Crippen LogP contribution in [0.15, 0.2) is 30.3 Å². The Morgan fingerprint density at radius 3 is 2.41 bits per heavy atom. The zero-order chi connectivity index (χ0) is 16.3. The number of Topliss-reactive ketones (excluding diaryl/α,β-unsaturated/α-hetero) is 1. The van der Waals surface area contributed by atoms with Gasteiger partial charge in [-0.25, -0.2) is 0 Å². The highest BCUT2D eigenvalue weighted by Gasteiger charge is 2.16. The van der Waals surface area contributed by atoms with E-state index in [4.69, 9.17) is 0 Å². The van der Waals surface area contributed by atoms with Gasteiger partial charge in [-0.3, -0.25) is 0 Å². The Kier molecular flexibility index (Phi) is 5.33. The topological polar surface area (TPSA) is 17.1 Å². The van der Waals surface area contributed by atoms with E-state index in [1.54, 1.807) is 6.92 Å². The third-order valence-electron chi connectivity index (χ3n) is 3.93. The van der Waals surface area contributed by atoms with Crippen molar-refractivity contribution in [3.05, 3.63) is 47.0 Å². The number of thiol groups is 1. The maximum atomic E-state index is 11.4. The van der Waals surface area contributed by atoms with E-state index in [2.05, 4.69) is 63.7 Å². The molecule has 0 N–H and O–H groups in total. The van der Waals surface area contributed by atoms with E-state index in [9.17, 15) is 4.79 Å². The lowest BCUT2D eigenvalue weighted by Crippen LogP contribution is -2.11. The molecule has 0 saturated carbocycles. The molecular weight excluding hydrogens is 288 g/mol. The number of carbonyl (C=O) groups excluding carboxylic acids is 1. The largest absolute Gasteiger partial charge is 0.300 e. The molecule has 0 aliphatic carbocycles. The normalized spacial score (nSPS) is 11.9. The van der Waals surface area contributed by atoms with Crippen LogP contribution >= 0.6 is 12.6 Å². The van der Waals surface area contributed by atoms with E-state index in [-0.39, 0.29) is 11.2 Å². The first-order valence-corrected chi connectivity index (χ1v) is 8.57. The summed E-state index contributed by atoms with van der Waals surface area (Å²) in [6.07, 6.45) is 2.48. The summed E-state index contributed by atoms with van der Waals surface area (Å²) in [4.78, 5) is 11.4. The van der Waals surface area contributed by atoms with Gasteiger partial charge in [0.25, 0.3) is 0 Å². The molecule has 0 unspecified atom stereocenters. The lowest BCUT2D eigenvalue weighted by Gasteiger charge is -2.21. The third kappa shape index (κ3) is 4.36. The second-order valence-electron chi connectivity index (χ2n) is 7.36. The lowest BCUT2D eigenvalue weighted by atomic mass is 9.84. The Labute approximate surface area is 139 Å². The summed E-state index contributed by atoms with van der Waals surface area (Å²) in [5.74, 6) is 1.00. The van der Waals surface area contributed by atoms with Gasteiger partial charge in [-0.1, -0.05) is 51.1 Å². The van der Waals surface area contributed by atoms with Crippen molar-refractivity contribution in [2.24, 2.45) is 5.41 Å². The molecule has 118 valence electrons. The molecule has 0 bridgehead atoms. The average molecular weight is 314 g/mol. The minimum absolute atomic E-state index is 0.231. The van der Waals surface area contributed by atoms with Gasteiger partial charge in [-0.15, -0.1) is 0 Å². The van der Waals surface area contributed by atoms with E-state index in [1.165, 1.54) is 27.5 Å². The van der Waals surface area contributed by atoms with Gasteiger partial charge in [-0.05, 0) is 52.6 Å². The molecule has 0 aliphatic rings. The third-order valence-corrected chi connectivity index (χ3v) is 4.27. The van der Waals surface area contributed by atoms with Gasteiger partial charge in [0.1, 0.15) is 5.78 Å². The van der Waals surface area contributed by atoms with Gasteiger partial charge < -0.3 is 4.79 Å². The van der Waals surface area contributed by atoms with Crippen LogP contribution in [-0.2, 0) is 23.4 Å². The van der Waals surface area contributed by atoms with Crippen LogP contribution in [0.1, 0.15) is 50.8 Å². The Bertz CT molecular complexity index is 680. The molecule has 0 heterocycles. The van der Waals surface area contributed by atoms with Crippen LogP contribution in [0.3, 0.4) is 0 Å². The number of ketones is 1. The number of hydrogen-bond donors (Lipinski definition) is 1. The van der Waals surface area contributed by atoms with Gasteiger partial charge in [0.05, 0.1) is 0 Å². The number of benzene rings is 2.